The number of amides is 2. The van der Waals surface area contributed by atoms with Gasteiger partial charge in [-0.1, -0.05) is 18.2 Å². The molecule has 4 rings (SSSR count). The average Bonchev–Trinajstić information content (AvgIpc) is 3.18. The van der Waals surface area contributed by atoms with E-state index in [1.807, 2.05) is 0 Å². The van der Waals surface area contributed by atoms with Crippen LogP contribution in [0.3, 0.4) is 0 Å². The van der Waals surface area contributed by atoms with E-state index >= 15 is 0 Å². The number of carbonyl (C=O) groups excluding carboxylic acids is 2. The Labute approximate surface area is 203 Å². The van der Waals surface area contributed by atoms with Crippen LogP contribution in [0.2, 0.25) is 0 Å². The highest BCUT2D eigenvalue weighted by Gasteiger charge is 2.38. The minimum absolute atomic E-state index is 0.0297. The van der Waals surface area contributed by atoms with Crippen molar-refractivity contribution in [2.45, 2.75) is 25.5 Å². The highest BCUT2D eigenvalue weighted by atomic mass is 19.4. The third-order valence-corrected chi connectivity index (χ3v) is 6.22. The number of likely N-dealkylation sites (tertiary alicyclic amines) is 1. The molecule has 0 radical (unpaired) electrons. The van der Waals surface area contributed by atoms with E-state index in [1.165, 1.54) is 23.1 Å². The molecule has 0 aromatic heterocycles. The van der Waals surface area contributed by atoms with Crippen molar-refractivity contribution in [2.75, 3.05) is 37.6 Å². The Balaban J connectivity index is 1.30. The van der Waals surface area contributed by atoms with Crippen LogP contribution in [0.15, 0.2) is 48.5 Å². The van der Waals surface area contributed by atoms with Crippen molar-refractivity contribution in [1.29, 1.82) is 0 Å². The lowest BCUT2D eigenvalue weighted by Gasteiger charge is -2.37. The number of piperazine rings is 1. The van der Waals surface area contributed by atoms with Crippen molar-refractivity contribution in [3.63, 3.8) is 0 Å². The highest BCUT2D eigenvalue weighted by molar-refractivity contribution is 5.89. The molecule has 0 spiro atoms. The van der Waals surface area contributed by atoms with Gasteiger partial charge in [-0.15, -0.1) is 13.2 Å². The van der Waals surface area contributed by atoms with Gasteiger partial charge in [0.15, 0.2) is 0 Å². The number of hydrogen-bond acceptors (Lipinski definition) is 4. The van der Waals surface area contributed by atoms with Crippen molar-refractivity contribution < 1.29 is 40.7 Å². The molecule has 0 aliphatic carbocycles. The number of rotatable bonds is 5. The molecule has 36 heavy (non-hydrogen) atoms. The van der Waals surface area contributed by atoms with E-state index < -0.39 is 24.0 Å². The van der Waals surface area contributed by atoms with Crippen molar-refractivity contribution in [1.82, 2.24) is 9.80 Å². The number of alkyl halides is 6. The molecule has 0 unspecified atom stereocenters. The van der Waals surface area contributed by atoms with E-state index in [0.717, 1.165) is 24.3 Å². The summed E-state index contributed by atoms with van der Waals surface area (Å²) in [5.41, 5.74) is 0.303. The van der Waals surface area contributed by atoms with E-state index in [-0.39, 0.29) is 37.1 Å². The van der Waals surface area contributed by atoms with Crippen molar-refractivity contribution >= 4 is 17.5 Å². The molecule has 2 aliphatic rings. The summed E-state index contributed by atoms with van der Waals surface area (Å²) < 4.78 is 79.8. The molecular weight excluding hydrogens is 492 g/mol. The number of hydrogen-bond donors (Lipinski definition) is 0. The Morgan fingerprint density at radius 1 is 0.944 bits per heavy atom. The predicted molar refractivity (Wildman–Crippen MR) is 117 cm³/mol. The Hall–Kier alpha value is -3.44. The summed E-state index contributed by atoms with van der Waals surface area (Å²) >= 11 is 0. The normalized spacial score (nSPS) is 19.1. The minimum Gasteiger partial charge on any atom is -0.406 e. The highest BCUT2D eigenvalue weighted by Crippen LogP contribution is 2.32. The summed E-state index contributed by atoms with van der Waals surface area (Å²) in [5, 5.41) is 0. The second kappa shape index (κ2) is 9.90. The molecule has 2 amide bonds. The molecule has 0 N–H and O–H groups in total. The lowest BCUT2D eigenvalue weighted by Crippen LogP contribution is -2.50. The molecule has 0 saturated carbocycles. The quantitative estimate of drug-likeness (QED) is 0.558. The fourth-order valence-electron chi connectivity index (χ4n) is 4.43. The van der Waals surface area contributed by atoms with Crippen LogP contribution in [0, 0.1) is 5.92 Å². The number of carbonyl (C=O) groups is 2. The van der Waals surface area contributed by atoms with Crippen LogP contribution in [-0.2, 0) is 22.3 Å². The summed E-state index contributed by atoms with van der Waals surface area (Å²) in [7, 11) is 0. The minimum atomic E-state index is -4.79. The maximum atomic E-state index is 13.0. The van der Waals surface area contributed by atoms with Crippen LogP contribution in [0.25, 0.3) is 0 Å². The van der Waals surface area contributed by atoms with Gasteiger partial charge in [-0.2, -0.15) is 13.2 Å². The third-order valence-electron chi connectivity index (χ3n) is 6.22. The SMILES string of the molecule is O=C1C[C@H](C(=O)N2CCN(c3cccc(C(F)(F)F)c3)CC2)CN1Cc1ccc(OC(F)(F)F)cc1. The summed E-state index contributed by atoms with van der Waals surface area (Å²) in [5.74, 6) is -1.34. The summed E-state index contributed by atoms with van der Waals surface area (Å²) in [6.45, 7) is 1.71. The molecule has 2 aromatic rings. The maximum absolute atomic E-state index is 13.0. The zero-order chi connectivity index (χ0) is 26.1. The first-order valence-corrected chi connectivity index (χ1v) is 11.2. The van der Waals surface area contributed by atoms with Crippen molar-refractivity contribution in [3.8, 4) is 5.75 Å². The molecule has 194 valence electrons. The van der Waals surface area contributed by atoms with Gasteiger partial charge in [0.1, 0.15) is 5.75 Å². The van der Waals surface area contributed by atoms with Crippen LogP contribution >= 0.6 is 0 Å². The number of ether oxygens (including phenoxy) is 1. The van der Waals surface area contributed by atoms with E-state index in [0.29, 0.717) is 37.4 Å². The van der Waals surface area contributed by atoms with E-state index in [2.05, 4.69) is 4.74 Å². The van der Waals surface area contributed by atoms with Gasteiger partial charge in [-0.05, 0) is 35.9 Å². The third kappa shape index (κ3) is 6.21. The summed E-state index contributed by atoms with van der Waals surface area (Å²) in [6.07, 6.45) is -9.20. The molecule has 2 heterocycles. The van der Waals surface area contributed by atoms with Gasteiger partial charge in [0.25, 0.3) is 0 Å². The Morgan fingerprint density at radius 2 is 1.61 bits per heavy atom. The fraction of sp³-hybridized carbons (Fsp3) is 0.417. The molecular formula is C24H23F6N3O3. The Bertz CT molecular complexity index is 1100. The Kier molecular flexibility index (Phi) is 7.05. The second-order valence-corrected chi connectivity index (χ2v) is 8.73. The first-order chi connectivity index (χ1) is 16.9. The lowest BCUT2D eigenvalue weighted by molar-refractivity contribution is -0.274. The monoisotopic (exact) mass is 515 g/mol. The average molecular weight is 515 g/mol. The zero-order valence-electron chi connectivity index (χ0n) is 19.0. The first kappa shape index (κ1) is 25.6. The van der Waals surface area contributed by atoms with Gasteiger partial charge in [-0.3, -0.25) is 9.59 Å². The molecule has 1 atom stereocenters. The van der Waals surface area contributed by atoms with Crippen LogP contribution < -0.4 is 9.64 Å². The van der Waals surface area contributed by atoms with Crippen LogP contribution in [0.1, 0.15) is 17.5 Å². The molecule has 0 bridgehead atoms. The summed E-state index contributed by atoms with van der Waals surface area (Å²) in [4.78, 5) is 30.4. The van der Waals surface area contributed by atoms with Crippen LogP contribution in [0.4, 0.5) is 32.0 Å². The zero-order valence-corrected chi connectivity index (χ0v) is 19.0. The van der Waals surface area contributed by atoms with Crippen LogP contribution in [-0.4, -0.2) is 60.7 Å². The number of halogens is 6. The Morgan fingerprint density at radius 3 is 2.22 bits per heavy atom. The molecule has 2 aromatic carbocycles. The second-order valence-electron chi connectivity index (χ2n) is 8.73. The first-order valence-electron chi connectivity index (χ1n) is 11.2. The van der Waals surface area contributed by atoms with Gasteiger partial charge in [-0.25, -0.2) is 0 Å². The largest absolute Gasteiger partial charge is 0.573 e. The van der Waals surface area contributed by atoms with Crippen molar-refractivity contribution in [3.05, 3.63) is 59.7 Å². The number of benzene rings is 2. The fourth-order valence-corrected chi connectivity index (χ4v) is 4.43. The van der Waals surface area contributed by atoms with Gasteiger partial charge in [0, 0.05) is 51.4 Å². The van der Waals surface area contributed by atoms with Crippen molar-refractivity contribution in [2.24, 2.45) is 5.92 Å². The van der Waals surface area contributed by atoms with Gasteiger partial charge >= 0.3 is 12.5 Å². The van der Waals surface area contributed by atoms with E-state index in [9.17, 15) is 35.9 Å². The van der Waals surface area contributed by atoms with Gasteiger partial charge < -0.3 is 19.4 Å². The van der Waals surface area contributed by atoms with E-state index in [4.69, 9.17) is 0 Å². The topological polar surface area (TPSA) is 53.1 Å². The molecule has 12 heteroatoms. The number of nitrogens with zero attached hydrogens (tertiary/aromatic N) is 3. The lowest BCUT2D eigenvalue weighted by atomic mass is 10.1. The van der Waals surface area contributed by atoms with Gasteiger partial charge in [0.2, 0.25) is 11.8 Å². The predicted octanol–water partition coefficient (Wildman–Crippen LogP) is 4.30. The molecule has 6 nitrogen and oxygen atoms in total. The maximum Gasteiger partial charge on any atom is 0.573 e. The molecule has 2 saturated heterocycles. The molecule has 2 aliphatic heterocycles. The van der Waals surface area contributed by atoms with Gasteiger partial charge in [0.05, 0.1) is 11.5 Å². The molecule has 2 fully saturated rings. The smallest absolute Gasteiger partial charge is 0.406 e. The standard InChI is InChI=1S/C24H23F6N3O3/c25-23(26,27)18-2-1-3-19(13-18)31-8-10-32(11-9-31)22(35)17-12-21(34)33(15-17)14-16-4-6-20(7-5-16)36-24(28,29)30/h1-7,13,17H,8-12,14-15H2/t17-/m0/s1. The van der Waals surface area contributed by atoms with Crippen LogP contribution in [0.5, 0.6) is 5.75 Å². The number of anilines is 1. The summed E-state index contributed by atoms with van der Waals surface area (Å²) in [6, 6.07) is 10.2. The van der Waals surface area contributed by atoms with E-state index in [1.54, 1.807) is 15.9 Å².